The summed E-state index contributed by atoms with van der Waals surface area (Å²) in [6.07, 6.45) is 0.701. The fourth-order valence-electron chi connectivity index (χ4n) is 6.16. The number of carboxylic acid groups (broad SMARTS) is 1. The van der Waals surface area contributed by atoms with E-state index < -0.39 is 71.3 Å². The van der Waals surface area contributed by atoms with Crippen LogP contribution in [0.3, 0.4) is 0 Å². The molecule has 0 aliphatic carbocycles. The zero-order valence-corrected chi connectivity index (χ0v) is 23.6. The molecule has 0 unspecified atom stereocenters. The maximum atomic E-state index is 15.6. The zero-order valence-electron chi connectivity index (χ0n) is 23.6. The molecule has 15 heteroatoms. The van der Waals surface area contributed by atoms with Crippen LogP contribution in [0, 0.1) is 17.6 Å². The lowest BCUT2D eigenvalue weighted by Gasteiger charge is -2.40. The molecule has 0 spiro atoms. The minimum Gasteiger partial charge on any atom is -0.483 e. The number of piperidine rings is 1. The number of aromatic nitrogens is 2. The third kappa shape index (κ3) is 4.99. The van der Waals surface area contributed by atoms with E-state index in [1.165, 1.54) is 6.20 Å². The van der Waals surface area contributed by atoms with Crippen molar-refractivity contribution in [3.63, 3.8) is 0 Å². The van der Waals surface area contributed by atoms with Gasteiger partial charge in [-0.15, -0.1) is 0 Å². The van der Waals surface area contributed by atoms with Gasteiger partial charge in [0, 0.05) is 42.3 Å². The molecule has 234 valence electrons. The van der Waals surface area contributed by atoms with Crippen LogP contribution in [0.4, 0.5) is 29.5 Å². The highest BCUT2D eigenvalue weighted by Gasteiger charge is 2.38. The minimum atomic E-state index is -1.52. The Kier molecular flexibility index (Phi) is 7.40. The number of cyclic esters (lactones) is 1. The van der Waals surface area contributed by atoms with Gasteiger partial charge in [-0.25, -0.2) is 18.4 Å². The van der Waals surface area contributed by atoms with Gasteiger partial charge in [0.25, 0.3) is 5.95 Å². The quantitative estimate of drug-likeness (QED) is 0.337. The molecule has 12 nitrogen and oxygen atoms in total. The standard InChI is InChI=1S/C29H29F3N4O8/c1-14-2-3-16-22-17(24(38)18(27(39)40)11-35(14)22)8-19(30)23(16)34-6-4-29(42,5-7-34)13-43-25-20(31)9-21(33-26(25)32)36-10-15(12-37)44-28(36)41/h8-9,11,14-15,37,42H,2-7,10,12-13H2,1H3,(H,39,40)/t14-,15+/m0/s1. The first-order valence-corrected chi connectivity index (χ1v) is 14.1. The largest absolute Gasteiger partial charge is 0.483 e. The summed E-state index contributed by atoms with van der Waals surface area (Å²) in [6.45, 7) is 1.12. The van der Waals surface area contributed by atoms with Crippen LogP contribution in [0.5, 0.6) is 5.75 Å². The average Bonchev–Trinajstić information content (AvgIpc) is 3.36. The van der Waals surface area contributed by atoms with E-state index in [1.807, 2.05) is 6.92 Å². The first kappa shape index (κ1) is 29.7. The van der Waals surface area contributed by atoms with Crippen molar-refractivity contribution >= 4 is 34.5 Å². The lowest BCUT2D eigenvalue weighted by atomic mass is 9.89. The Balaban J connectivity index is 1.20. The number of aliphatic hydroxyl groups excluding tert-OH is 1. The van der Waals surface area contributed by atoms with E-state index in [1.54, 1.807) is 9.47 Å². The number of amides is 1. The van der Waals surface area contributed by atoms with Gasteiger partial charge in [0.15, 0.2) is 5.82 Å². The summed E-state index contributed by atoms with van der Waals surface area (Å²) >= 11 is 0. The van der Waals surface area contributed by atoms with Crippen molar-refractivity contribution in [3.05, 3.63) is 57.3 Å². The molecule has 0 bridgehead atoms. The fourth-order valence-corrected chi connectivity index (χ4v) is 6.16. The summed E-state index contributed by atoms with van der Waals surface area (Å²) in [5.41, 5.74) is -1.38. The maximum absolute atomic E-state index is 15.6. The van der Waals surface area contributed by atoms with Gasteiger partial charge in [-0.3, -0.25) is 9.69 Å². The van der Waals surface area contributed by atoms with E-state index in [2.05, 4.69) is 4.98 Å². The summed E-state index contributed by atoms with van der Waals surface area (Å²) in [5.74, 6) is -5.77. The summed E-state index contributed by atoms with van der Waals surface area (Å²) in [7, 11) is 0. The Labute approximate surface area is 247 Å². The Bertz CT molecular complexity index is 1720. The first-order chi connectivity index (χ1) is 20.9. The molecule has 2 aromatic heterocycles. The van der Waals surface area contributed by atoms with Crippen molar-refractivity contribution in [2.45, 2.75) is 50.4 Å². The fraction of sp³-hybridized carbons (Fsp3) is 0.448. The average molecular weight is 619 g/mol. The molecule has 0 radical (unpaired) electrons. The van der Waals surface area contributed by atoms with Gasteiger partial charge >= 0.3 is 12.1 Å². The summed E-state index contributed by atoms with van der Waals surface area (Å²) in [5, 5.41) is 29.8. The molecular weight excluding hydrogens is 589 g/mol. The number of aliphatic hydroxyl groups is 2. The van der Waals surface area contributed by atoms with Gasteiger partial charge in [0.05, 0.1) is 24.4 Å². The van der Waals surface area contributed by atoms with Crippen LogP contribution in [0.25, 0.3) is 10.9 Å². The molecule has 3 aliphatic rings. The molecule has 2 atom stereocenters. The highest BCUT2D eigenvalue weighted by Crippen LogP contribution is 2.40. The van der Waals surface area contributed by atoms with Crippen LogP contribution in [-0.4, -0.2) is 81.5 Å². The van der Waals surface area contributed by atoms with Crippen molar-refractivity contribution in [2.75, 3.05) is 42.6 Å². The Hall–Kier alpha value is -4.37. The topological polar surface area (TPSA) is 155 Å². The number of aryl methyl sites for hydroxylation is 1. The van der Waals surface area contributed by atoms with Gasteiger partial charge in [-0.2, -0.15) is 9.37 Å². The predicted molar refractivity (Wildman–Crippen MR) is 149 cm³/mol. The van der Waals surface area contributed by atoms with Crippen LogP contribution >= 0.6 is 0 Å². The second-order valence-corrected chi connectivity index (χ2v) is 11.4. The van der Waals surface area contributed by atoms with Gasteiger partial charge in [0.1, 0.15) is 35.5 Å². The molecule has 3 aromatic rings. The third-order valence-corrected chi connectivity index (χ3v) is 8.58. The van der Waals surface area contributed by atoms with E-state index in [0.717, 1.165) is 17.0 Å². The highest BCUT2D eigenvalue weighted by atomic mass is 19.1. The van der Waals surface area contributed by atoms with Crippen LogP contribution in [0.1, 0.15) is 48.1 Å². The number of anilines is 2. The maximum Gasteiger partial charge on any atom is 0.416 e. The normalized spacial score (nSPS) is 21.1. The van der Waals surface area contributed by atoms with Gasteiger partial charge < -0.3 is 34.3 Å². The second-order valence-electron chi connectivity index (χ2n) is 11.4. The van der Waals surface area contributed by atoms with E-state index in [-0.39, 0.29) is 55.4 Å². The van der Waals surface area contributed by atoms with Gasteiger partial charge in [-0.05, 0) is 38.7 Å². The molecule has 0 saturated carbocycles. The highest BCUT2D eigenvalue weighted by molar-refractivity contribution is 5.95. The van der Waals surface area contributed by atoms with Crippen LogP contribution in [-0.2, 0) is 11.2 Å². The van der Waals surface area contributed by atoms with Crippen molar-refractivity contribution in [1.29, 1.82) is 0 Å². The summed E-state index contributed by atoms with van der Waals surface area (Å²) in [4.78, 5) is 42.7. The molecule has 5 heterocycles. The number of carbonyl (C=O) groups is 2. The van der Waals surface area contributed by atoms with Crippen molar-refractivity contribution in [2.24, 2.45) is 0 Å². The zero-order chi connectivity index (χ0) is 31.5. The lowest BCUT2D eigenvalue weighted by Crippen LogP contribution is -2.48. The first-order valence-electron chi connectivity index (χ1n) is 14.1. The number of ether oxygens (including phenoxy) is 2. The number of aromatic carboxylic acids is 1. The number of carbonyl (C=O) groups excluding carboxylic acids is 1. The summed E-state index contributed by atoms with van der Waals surface area (Å²) in [6, 6.07) is 1.74. The van der Waals surface area contributed by atoms with Crippen LogP contribution < -0.4 is 20.0 Å². The Morgan fingerprint density at radius 3 is 2.55 bits per heavy atom. The number of nitrogens with zero attached hydrogens (tertiary/aromatic N) is 4. The monoisotopic (exact) mass is 618 g/mol. The van der Waals surface area contributed by atoms with Crippen molar-refractivity contribution in [3.8, 4) is 5.75 Å². The molecule has 1 amide bonds. The minimum absolute atomic E-state index is 0.00636. The Morgan fingerprint density at radius 1 is 1.18 bits per heavy atom. The molecule has 6 rings (SSSR count). The van der Waals surface area contributed by atoms with Gasteiger partial charge in [0.2, 0.25) is 11.2 Å². The number of hydrogen-bond donors (Lipinski definition) is 3. The molecule has 1 aromatic carbocycles. The number of pyridine rings is 2. The molecule has 2 saturated heterocycles. The van der Waals surface area contributed by atoms with Crippen molar-refractivity contribution in [1.82, 2.24) is 9.55 Å². The molecular formula is C29H29F3N4O8. The number of rotatable bonds is 7. The van der Waals surface area contributed by atoms with E-state index in [0.29, 0.717) is 23.9 Å². The number of carboxylic acids is 1. The third-order valence-electron chi connectivity index (χ3n) is 8.58. The number of benzene rings is 1. The van der Waals surface area contributed by atoms with Crippen LogP contribution in [0.15, 0.2) is 23.1 Å². The Morgan fingerprint density at radius 2 is 1.91 bits per heavy atom. The van der Waals surface area contributed by atoms with E-state index >= 15 is 4.39 Å². The lowest BCUT2D eigenvalue weighted by molar-refractivity contribution is -0.0262. The smallest absolute Gasteiger partial charge is 0.416 e. The number of halogens is 3. The van der Waals surface area contributed by atoms with E-state index in [9.17, 15) is 38.5 Å². The van der Waals surface area contributed by atoms with Gasteiger partial charge in [-0.1, -0.05) is 0 Å². The number of hydrogen-bond acceptors (Lipinski definition) is 9. The molecule has 44 heavy (non-hydrogen) atoms. The van der Waals surface area contributed by atoms with E-state index in [4.69, 9.17) is 9.47 Å². The van der Waals surface area contributed by atoms with Crippen molar-refractivity contribution < 1.29 is 47.6 Å². The molecule has 3 N–H and O–H groups in total. The molecule has 2 fully saturated rings. The summed E-state index contributed by atoms with van der Waals surface area (Å²) < 4.78 is 57.1. The SMILES string of the molecule is C[C@H]1CCc2c(N3CCC(O)(COc4c(F)cc(N5C[C@H](CO)OC5=O)nc4F)CC3)c(F)cc3c(=O)c(C(=O)O)cn1c23. The molecule has 3 aliphatic heterocycles. The second kappa shape index (κ2) is 11.0. The van der Waals surface area contributed by atoms with Crippen LogP contribution in [0.2, 0.25) is 0 Å². The predicted octanol–water partition coefficient (Wildman–Crippen LogP) is 2.75.